The Morgan fingerprint density at radius 1 is 1.04 bits per heavy atom. The third-order valence-corrected chi connectivity index (χ3v) is 3.74. The lowest BCUT2D eigenvalue weighted by Crippen LogP contribution is -2.24. The zero-order valence-electron chi connectivity index (χ0n) is 13.8. The lowest BCUT2D eigenvalue weighted by molar-refractivity contribution is 0.362. The summed E-state index contributed by atoms with van der Waals surface area (Å²) in [4.78, 5) is 16.8. The summed E-state index contributed by atoms with van der Waals surface area (Å²) < 4.78 is 12.9. The highest BCUT2D eigenvalue weighted by Crippen LogP contribution is 2.26. The number of tetrazole rings is 1. The van der Waals surface area contributed by atoms with Crippen molar-refractivity contribution in [2.75, 3.05) is 7.11 Å². The van der Waals surface area contributed by atoms with Crippen molar-refractivity contribution in [1.29, 1.82) is 0 Å². The van der Waals surface area contributed by atoms with E-state index in [9.17, 15) is 4.79 Å². The number of rotatable bonds is 5. The molecule has 0 atom stereocenters. The van der Waals surface area contributed by atoms with Gasteiger partial charge in [-0.1, -0.05) is 35.5 Å². The summed E-state index contributed by atoms with van der Waals surface area (Å²) in [5.74, 6) is 1.25. The Morgan fingerprint density at radius 3 is 2.62 bits per heavy atom. The van der Waals surface area contributed by atoms with E-state index >= 15 is 0 Å². The molecule has 0 aliphatic rings. The van der Waals surface area contributed by atoms with E-state index in [1.165, 1.54) is 4.68 Å². The molecule has 130 valence electrons. The molecular formula is C17H14N6O3. The summed E-state index contributed by atoms with van der Waals surface area (Å²) in [7, 11) is 1.57. The molecule has 0 aliphatic heterocycles. The third kappa shape index (κ3) is 2.86. The number of hydrogen-bond donors (Lipinski definition) is 0. The number of ether oxygens (including phenoxy) is 1. The number of aromatic nitrogens is 6. The van der Waals surface area contributed by atoms with E-state index < -0.39 is 5.69 Å². The van der Waals surface area contributed by atoms with Crippen molar-refractivity contribution in [1.82, 2.24) is 29.9 Å². The predicted molar refractivity (Wildman–Crippen MR) is 91.0 cm³/mol. The standard InChI is InChI=1S/C17H14N6O3/c1-25-14-10-6-5-9-13(14)16-18-15(26-19-16)11-22-17(24)23(21-20-22)12-7-3-2-4-8-12/h2-10H,11H2,1H3. The van der Waals surface area contributed by atoms with Crippen LogP contribution < -0.4 is 10.4 Å². The second kappa shape index (κ2) is 6.63. The van der Waals surface area contributed by atoms with Gasteiger partial charge in [0.15, 0.2) is 0 Å². The van der Waals surface area contributed by atoms with Gasteiger partial charge >= 0.3 is 5.69 Å². The number of benzene rings is 2. The van der Waals surface area contributed by atoms with Crippen LogP contribution in [0.4, 0.5) is 0 Å². The molecule has 9 heteroatoms. The summed E-state index contributed by atoms with van der Waals surface area (Å²) in [6.45, 7) is 0.0216. The topological polar surface area (TPSA) is 101 Å². The molecule has 4 aromatic rings. The Bertz CT molecular complexity index is 1080. The molecule has 0 spiro atoms. The van der Waals surface area contributed by atoms with Crippen LogP contribution in [0.5, 0.6) is 5.75 Å². The minimum absolute atomic E-state index is 0.0216. The Balaban J connectivity index is 1.61. The van der Waals surface area contributed by atoms with E-state index in [1.807, 2.05) is 36.4 Å². The summed E-state index contributed by atoms with van der Waals surface area (Å²) in [6, 6.07) is 16.4. The second-order valence-electron chi connectivity index (χ2n) is 5.38. The van der Waals surface area contributed by atoms with E-state index in [0.717, 1.165) is 4.68 Å². The minimum atomic E-state index is -0.395. The van der Waals surface area contributed by atoms with Gasteiger partial charge in [0.2, 0.25) is 11.7 Å². The highest BCUT2D eigenvalue weighted by molar-refractivity contribution is 5.63. The molecule has 0 unspecified atom stereocenters. The Kier molecular flexibility index (Phi) is 4.02. The highest BCUT2D eigenvalue weighted by Gasteiger charge is 2.16. The maximum Gasteiger partial charge on any atom is 0.368 e. The van der Waals surface area contributed by atoms with Gasteiger partial charge in [-0.05, 0) is 34.7 Å². The van der Waals surface area contributed by atoms with Gasteiger partial charge in [0.25, 0.3) is 0 Å². The van der Waals surface area contributed by atoms with E-state index in [-0.39, 0.29) is 12.4 Å². The average Bonchev–Trinajstić information content (AvgIpc) is 3.30. The third-order valence-electron chi connectivity index (χ3n) is 3.74. The fourth-order valence-corrected chi connectivity index (χ4v) is 2.49. The Labute approximate surface area is 147 Å². The lowest BCUT2D eigenvalue weighted by Gasteiger charge is -2.02. The number of para-hydroxylation sites is 2. The van der Waals surface area contributed by atoms with E-state index in [4.69, 9.17) is 9.26 Å². The zero-order chi connectivity index (χ0) is 17.9. The molecule has 0 N–H and O–H groups in total. The van der Waals surface area contributed by atoms with Crippen LogP contribution in [0.25, 0.3) is 17.1 Å². The molecule has 2 aromatic carbocycles. The lowest BCUT2D eigenvalue weighted by atomic mass is 10.2. The monoisotopic (exact) mass is 350 g/mol. The number of methoxy groups -OCH3 is 1. The summed E-state index contributed by atoms with van der Waals surface area (Å²) in [5, 5.41) is 11.7. The molecule has 2 aromatic heterocycles. The van der Waals surface area contributed by atoms with Gasteiger partial charge in [0.1, 0.15) is 12.3 Å². The van der Waals surface area contributed by atoms with Crippen molar-refractivity contribution < 1.29 is 9.26 Å². The first-order valence-corrected chi connectivity index (χ1v) is 7.80. The van der Waals surface area contributed by atoms with Crippen LogP contribution in [-0.4, -0.2) is 37.0 Å². The van der Waals surface area contributed by atoms with Crippen LogP contribution in [0.15, 0.2) is 63.9 Å². The molecule has 0 radical (unpaired) electrons. The predicted octanol–water partition coefficient (Wildman–Crippen LogP) is 1.54. The van der Waals surface area contributed by atoms with Crippen LogP contribution in [0, 0.1) is 0 Å². The first-order valence-electron chi connectivity index (χ1n) is 7.80. The Hall–Kier alpha value is -3.75. The van der Waals surface area contributed by atoms with Crippen LogP contribution >= 0.6 is 0 Å². The molecule has 2 heterocycles. The quantitative estimate of drug-likeness (QED) is 0.538. The maximum atomic E-state index is 12.4. The van der Waals surface area contributed by atoms with Gasteiger partial charge in [-0.25, -0.2) is 4.79 Å². The smallest absolute Gasteiger partial charge is 0.368 e. The summed E-state index contributed by atoms with van der Waals surface area (Å²) >= 11 is 0. The fourth-order valence-electron chi connectivity index (χ4n) is 2.49. The summed E-state index contributed by atoms with van der Waals surface area (Å²) in [6.07, 6.45) is 0. The van der Waals surface area contributed by atoms with Crippen LogP contribution in [0.1, 0.15) is 5.89 Å². The molecule has 0 saturated carbocycles. The van der Waals surface area contributed by atoms with Crippen LogP contribution in [0.3, 0.4) is 0 Å². The number of nitrogens with zero attached hydrogens (tertiary/aromatic N) is 6. The van der Waals surface area contributed by atoms with Gasteiger partial charge in [0.05, 0.1) is 18.4 Å². The first kappa shape index (κ1) is 15.8. The molecule has 0 amide bonds. The van der Waals surface area contributed by atoms with Crippen molar-refractivity contribution in [2.45, 2.75) is 6.54 Å². The van der Waals surface area contributed by atoms with Crippen molar-refractivity contribution in [3.05, 3.63) is 71.0 Å². The van der Waals surface area contributed by atoms with Gasteiger partial charge in [-0.2, -0.15) is 14.3 Å². The molecule has 0 fully saturated rings. The fraction of sp³-hybridized carbons (Fsp3) is 0.118. The SMILES string of the molecule is COc1ccccc1-c1noc(Cn2nnn(-c3ccccc3)c2=O)n1. The molecule has 0 aliphatic carbocycles. The van der Waals surface area contributed by atoms with Gasteiger partial charge in [-0.3, -0.25) is 0 Å². The molecule has 9 nitrogen and oxygen atoms in total. The minimum Gasteiger partial charge on any atom is -0.496 e. The van der Waals surface area contributed by atoms with E-state index in [2.05, 4.69) is 20.6 Å². The van der Waals surface area contributed by atoms with E-state index in [0.29, 0.717) is 22.8 Å². The Morgan fingerprint density at radius 2 is 1.81 bits per heavy atom. The first-order chi connectivity index (χ1) is 12.8. The molecular weight excluding hydrogens is 336 g/mol. The van der Waals surface area contributed by atoms with Crippen LogP contribution in [0.2, 0.25) is 0 Å². The average molecular weight is 350 g/mol. The van der Waals surface area contributed by atoms with Crippen molar-refractivity contribution in [3.8, 4) is 22.8 Å². The van der Waals surface area contributed by atoms with Gasteiger partial charge in [0, 0.05) is 0 Å². The molecule has 26 heavy (non-hydrogen) atoms. The number of hydrogen-bond acceptors (Lipinski definition) is 7. The molecule has 0 saturated heterocycles. The van der Waals surface area contributed by atoms with Crippen molar-refractivity contribution in [3.63, 3.8) is 0 Å². The zero-order valence-corrected chi connectivity index (χ0v) is 13.8. The van der Waals surface area contributed by atoms with Crippen molar-refractivity contribution in [2.24, 2.45) is 0 Å². The van der Waals surface area contributed by atoms with Gasteiger partial charge < -0.3 is 9.26 Å². The van der Waals surface area contributed by atoms with E-state index in [1.54, 1.807) is 25.3 Å². The van der Waals surface area contributed by atoms with Crippen LogP contribution in [-0.2, 0) is 6.54 Å². The summed E-state index contributed by atoms with van der Waals surface area (Å²) in [5.41, 5.74) is 0.933. The molecule has 0 bridgehead atoms. The maximum absolute atomic E-state index is 12.4. The van der Waals surface area contributed by atoms with Gasteiger partial charge in [-0.15, -0.1) is 0 Å². The molecule has 4 rings (SSSR count). The normalized spacial score (nSPS) is 10.8. The largest absolute Gasteiger partial charge is 0.496 e. The van der Waals surface area contributed by atoms with Crippen molar-refractivity contribution >= 4 is 0 Å². The highest BCUT2D eigenvalue weighted by atomic mass is 16.5. The second-order valence-corrected chi connectivity index (χ2v) is 5.38.